The predicted molar refractivity (Wildman–Crippen MR) is 120 cm³/mol. The van der Waals surface area contributed by atoms with Crippen molar-refractivity contribution in [2.45, 2.75) is 64.7 Å². The number of amides is 1. The van der Waals surface area contributed by atoms with E-state index in [4.69, 9.17) is 5.11 Å². The van der Waals surface area contributed by atoms with E-state index in [-0.39, 0.29) is 5.91 Å². The van der Waals surface area contributed by atoms with Gasteiger partial charge in [-0.1, -0.05) is 51.9 Å². The molecule has 6 nitrogen and oxygen atoms in total. The van der Waals surface area contributed by atoms with Crippen LogP contribution in [0.1, 0.15) is 75.1 Å². The topological polar surface area (TPSA) is 68.7 Å². The molecule has 164 valence electrons. The summed E-state index contributed by atoms with van der Waals surface area (Å²) >= 11 is 0. The van der Waals surface area contributed by atoms with Crippen molar-refractivity contribution in [2.75, 3.05) is 50.8 Å². The summed E-state index contributed by atoms with van der Waals surface area (Å²) in [4.78, 5) is 21.5. The summed E-state index contributed by atoms with van der Waals surface area (Å²) in [6, 6.07) is 3.86. The Morgan fingerprint density at radius 2 is 1.59 bits per heavy atom. The van der Waals surface area contributed by atoms with E-state index in [0.29, 0.717) is 12.2 Å². The fourth-order valence-electron chi connectivity index (χ4n) is 3.78. The molecule has 0 unspecified atom stereocenters. The summed E-state index contributed by atoms with van der Waals surface area (Å²) in [6.45, 7) is 8.49. The zero-order valence-corrected chi connectivity index (χ0v) is 18.2. The second-order valence-electron chi connectivity index (χ2n) is 7.99. The van der Waals surface area contributed by atoms with Gasteiger partial charge in [-0.2, -0.15) is 0 Å². The summed E-state index contributed by atoms with van der Waals surface area (Å²) in [7, 11) is 0. The Morgan fingerprint density at radius 3 is 2.14 bits per heavy atom. The van der Waals surface area contributed by atoms with Crippen LogP contribution in [-0.4, -0.2) is 66.8 Å². The number of hydrogen-bond donors (Lipinski definition) is 2. The third-order valence-electron chi connectivity index (χ3n) is 5.77. The van der Waals surface area contributed by atoms with Gasteiger partial charge in [-0.25, -0.2) is 4.98 Å². The minimum absolute atomic E-state index is 0.0243. The lowest BCUT2D eigenvalue weighted by Crippen LogP contribution is -2.46. The number of likely N-dealkylation sites (N-methyl/N-ethyl adjacent to an activating group) is 1. The Balaban J connectivity index is 1.54. The molecule has 1 aliphatic heterocycles. The van der Waals surface area contributed by atoms with E-state index in [1.54, 1.807) is 6.20 Å². The molecular weight excluding hydrogens is 364 g/mol. The number of carbonyl (C=O) groups is 1. The number of anilines is 1. The second-order valence-corrected chi connectivity index (χ2v) is 7.99. The molecule has 2 N–H and O–H groups in total. The molecule has 0 saturated carbocycles. The zero-order valence-electron chi connectivity index (χ0n) is 18.2. The number of rotatable bonds is 14. The lowest BCUT2D eigenvalue weighted by atomic mass is 10.1. The Kier molecular flexibility index (Phi) is 11.7. The number of unbranched alkanes of at least 4 members (excludes halogenated alkanes) is 8. The number of pyridine rings is 1. The number of carbonyl (C=O) groups excluding carboxylic acids is 1. The second kappa shape index (κ2) is 14.3. The molecule has 0 bridgehead atoms. The van der Waals surface area contributed by atoms with Crippen molar-refractivity contribution in [3.63, 3.8) is 0 Å². The van der Waals surface area contributed by atoms with Crippen molar-refractivity contribution in [2.24, 2.45) is 0 Å². The molecule has 1 amide bonds. The highest BCUT2D eigenvalue weighted by Crippen LogP contribution is 2.14. The van der Waals surface area contributed by atoms with Crippen LogP contribution in [0.3, 0.4) is 0 Å². The van der Waals surface area contributed by atoms with Crippen molar-refractivity contribution in [3.05, 3.63) is 23.9 Å². The van der Waals surface area contributed by atoms with Gasteiger partial charge in [-0.3, -0.25) is 4.79 Å². The van der Waals surface area contributed by atoms with E-state index >= 15 is 0 Å². The van der Waals surface area contributed by atoms with Gasteiger partial charge in [0, 0.05) is 45.5 Å². The van der Waals surface area contributed by atoms with Crippen molar-refractivity contribution in [3.8, 4) is 0 Å². The predicted octanol–water partition coefficient (Wildman–Crippen LogP) is 3.46. The Bertz CT molecular complexity index is 557. The van der Waals surface area contributed by atoms with E-state index in [9.17, 15) is 4.79 Å². The average Bonchev–Trinajstić information content (AvgIpc) is 2.77. The first-order valence-electron chi connectivity index (χ1n) is 11.6. The smallest absolute Gasteiger partial charge is 0.252 e. The maximum atomic E-state index is 12.3. The number of aromatic nitrogens is 1. The summed E-state index contributed by atoms with van der Waals surface area (Å²) in [5, 5.41) is 11.8. The molecule has 0 aromatic carbocycles. The van der Waals surface area contributed by atoms with Gasteiger partial charge in [0.1, 0.15) is 5.82 Å². The Morgan fingerprint density at radius 1 is 0.966 bits per heavy atom. The largest absolute Gasteiger partial charge is 0.396 e. The molecule has 2 rings (SSSR count). The van der Waals surface area contributed by atoms with Crippen LogP contribution in [0, 0.1) is 0 Å². The molecule has 1 aliphatic rings. The van der Waals surface area contributed by atoms with Crippen LogP contribution in [0.25, 0.3) is 0 Å². The van der Waals surface area contributed by atoms with Gasteiger partial charge in [0.05, 0.1) is 5.56 Å². The molecule has 0 atom stereocenters. The van der Waals surface area contributed by atoms with Gasteiger partial charge >= 0.3 is 0 Å². The van der Waals surface area contributed by atoms with Gasteiger partial charge < -0.3 is 20.2 Å². The molecule has 1 aromatic rings. The van der Waals surface area contributed by atoms with Crippen LogP contribution >= 0.6 is 0 Å². The monoisotopic (exact) mass is 404 g/mol. The van der Waals surface area contributed by atoms with Crippen molar-refractivity contribution in [1.82, 2.24) is 15.2 Å². The Hall–Kier alpha value is -1.66. The molecule has 2 heterocycles. The maximum absolute atomic E-state index is 12.3. The molecular formula is C23H40N4O2. The van der Waals surface area contributed by atoms with Crippen molar-refractivity contribution >= 4 is 11.7 Å². The van der Waals surface area contributed by atoms with Crippen molar-refractivity contribution < 1.29 is 9.90 Å². The van der Waals surface area contributed by atoms with Gasteiger partial charge in [0.2, 0.25) is 0 Å². The number of nitrogens with zero attached hydrogens (tertiary/aromatic N) is 3. The van der Waals surface area contributed by atoms with E-state index < -0.39 is 0 Å². The average molecular weight is 405 g/mol. The van der Waals surface area contributed by atoms with Gasteiger partial charge in [-0.15, -0.1) is 0 Å². The minimum Gasteiger partial charge on any atom is -0.396 e. The van der Waals surface area contributed by atoms with Crippen LogP contribution in [0.15, 0.2) is 18.3 Å². The number of aliphatic hydroxyl groups excluding tert-OH is 1. The number of aliphatic hydroxyl groups is 1. The molecule has 29 heavy (non-hydrogen) atoms. The molecule has 0 radical (unpaired) electrons. The zero-order chi connectivity index (χ0) is 20.7. The van der Waals surface area contributed by atoms with Gasteiger partial charge in [0.15, 0.2) is 0 Å². The lowest BCUT2D eigenvalue weighted by molar-refractivity contribution is 0.0952. The van der Waals surface area contributed by atoms with E-state index in [1.165, 1.54) is 32.1 Å². The van der Waals surface area contributed by atoms with E-state index in [2.05, 4.69) is 27.0 Å². The highest BCUT2D eigenvalue weighted by molar-refractivity contribution is 5.94. The minimum atomic E-state index is -0.0243. The standard InChI is InChI=1S/C23H40N4O2/c1-2-26-15-17-27(18-16-26)22-13-12-21(20-25-22)23(29)24-14-10-8-6-4-3-5-7-9-11-19-28/h12-13,20,28H,2-11,14-19H2,1H3,(H,24,29). The molecule has 0 aliphatic carbocycles. The van der Waals surface area contributed by atoms with Crippen LogP contribution < -0.4 is 10.2 Å². The van der Waals surface area contributed by atoms with E-state index in [1.807, 2.05) is 12.1 Å². The lowest BCUT2D eigenvalue weighted by Gasteiger charge is -2.34. The van der Waals surface area contributed by atoms with Crippen LogP contribution in [-0.2, 0) is 0 Å². The summed E-state index contributed by atoms with van der Waals surface area (Å²) < 4.78 is 0. The summed E-state index contributed by atoms with van der Waals surface area (Å²) in [6.07, 6.45) is 12.3. The first kappa shape index (κ1) is 23.6. The molecule has 1 saturated heterocycles. The molecule has 1 aromatic heterocycles. The first-order valence-corrected chi connectivity index (χ1v) is 11.6. The summed E-state index contributed by atoms with van der Waals surface area (Å²) in [5.41, 5.74) is 0.642. The molecule has 6 heteroatoms. The first-order chi connectivity index (χ1) is 14.2. The van der Waals surface area contributed by atoms with Crippen LogP contribution in [0.2, 0.25) is 0 Å². The highest BCUT2D eigenvalue weighted by atomic mass is 16.2. The maximum Gasteiger partial charge on any atom is 0.252 e. The van der Waals surface area contributed by atoms with Gasteiger partial charge in [-0.05, 0) is 31.5 Å². The molecule has 0 spiro atoms. The normalized spacial score (nSPS) is 14.9. The molecule has 1 fully saturated rings. The van der Waals surface area contributed by atoms with Crippen molar-refractivity contribution in [1.29, 1.82) is 0 Å². The number of nitrogens with one attached hydrogen (secondary N) is 1. The van der Waals surface area contributed by atoms with Crippen LogP contribution in [0.4, 0.5) is 5.82 Å². The highest BCUT2D eigenvalue weighted by Gasteiger charge is 2.17. The summed E-state index contributed by atoms with van der Waals surface area (Å²) in [5.74, 6) is 0.942. The third-order valence-corrected chi connectivity index (χ3v) is 5.77. The van der Waals surface area contributed by atoms with E-state index in [0.717, 1.165) is 70.8 Å². The van der Waals surface area contributed by atoms with Gasteiger partial charge in [0.25, 0.3) is 5.91 Å². The number of hydrogen-bond acceptors (Lipinski definition) is 5. The fourth-order valence-corrected chi connectivity index (χ4v) is 3.78. The third kappa shape index (κ3) is 9.13. The quantitative estimate of drug-likeness (QED) is 0.465. The van der Waals surface area contributed by atoms with Crippen LogP contribution in [0.5, 0.6) is 0 Å². The SMILES string of the molecule is CCN1CCN(c2ccc(C(=O)NCCCCCCCCCCCO)cn2)CC1. The Labute approximate surface area is 176 Å². The fraction of sp³-hybridized carbons (Fsp3) is 0.739. The number of piperazine rings is 1.